The van der Waals surface area contributed by atoms with Crippen molar-refractivity contribution in [1.82, 2.24) is 0 Å². The van der Waals surface area contributed by atoms with Crippen molar-refractivity contribution in [2.75, 3.05) is 29.5 Å². The van der Waals surface area contributed by atoms with Gasteiger partial charge in [-0.15, -0.1) is 0 Å². The largest absolute Gasteiger partial charge is 0.379 e. The van der Waals surface area contributed by atoms with E-state index >= 15 is 0 Å². The van der Waals surface area contributed by atoms with E-state index in [1.165, 1.54) is 12.1 Å². The zero-order valence-electron chi connectivity index (χ0n) is 11.3. The van der Waals surface area contributed by atoms with E-state index in [9.17, 15) is 17.6 Å². The molecule has 0 radical (unpaired) electrons. The molecule has 0 saturated carbocycles. The normalized spacial score (nSPS) is 22.0. The van der Waals surface area contributed by atoms with Gasteiger partial charge in [0.25, 0.3) is 0 Å². The number of sulfonamides is 1. The number of hydrogen-bond donors (Lipinski definition) is 3. The Bertz CT molecular complexity index is 650. The third kappa shape index (κ3) is 4.13. The number of benzene rings is 1. The third-order valence-corrected chi connectivity index (χ3v) is 3.58. The molecule has 0 bridgehead atoms. The maximum Gasteiger partial charge on any atom is 0.231 e. The molecule has 9 heteroatoms. The molecule has 7 nitrogen and oxygen atoms in total. The van der Waals surface area contributed by atoms with Crippen molar-refractivity contribution in [3.63, 3.8) is 0 Å². The van der Waals surface area contributed by atoms with Gasteiger partial charge in [-0.1, -0.05) is 0 Å². The molecule has 4 N–H and O–H groups in total. The van der Waals surface area contributed by atoms with Crippen molar-refractivity contribution in [3.8, 4) is 0 Å². The summed E-state index contributed by atoms with van der Waals surface area (Å²) in [4.78, 5) is 12.0. The SMILES string of the molecule is CS(=O)(=O)Nc1cc(NC(=O)C2COCC2N)ccc1F. The third-order valence-electron chi connectivity index (χ3n) is 2.99. The van der Waals surface area contributed by atoms with Crippen LogP contribution in [0.15, 0.2) is 18.2 Å². The summed E-state index contributed by atoms with van der Waals surface area (Å²) in [7, 11) is -3.61. The lowest BCUT2D eigenvalue weighted by molar-refractivity contribution is -0.120. The fraction of sp³-hybridized carbons (Fsp3) is 0.417. The van der Waals surface area contributed by atoms with Gasteiger partial charge in [0.15, 0.2) is 0 Å². The van der Waals surface area contributed by atoms with Gasteiger partial charge in [0.1, 0.15) is 5.82 Å². The molecule has 2 rings (SSSR count). The van der Waals surface area contributed by atoms with Crippen LogP contribution in [0.4, 0.5) is 15.8 Å². The second kappa shape index (κ2) is 5.96. The van der Waals surface area contributed by atoms with Gasteiger partial charge in [-0.25, -0.2) is 12.8 Å². The molecule has 2 unspecified atom stereocenters. The summed E-state index contributed by atoms with van der Waals surface area (Å²) in [5, 5.41) is 2.57. The van der Waals surface area contributed by atoms with E-state index in [0.717, 1.165) is 12.3 Å². The van der Waals surface area contributed by atoms with Crippen molar-refractivity contribution in [3.05, 3.63) is 24.0 Å². The predicted octanol–water partition coefficient (Wildman–Crippen LogP) is 0.109. The lowest BCUT2D eigenvalue weighted by Crippen LogP contribution is -2.37. The first-order valence-electron chi connectivity index (χ1n) is 6.18. The molecule has 0 spiro atoms. The first-order chi connectivity index (χ1) is 9.76. The van der Waals surface area contributed by atoms with Crippen molar-refractivity contribution < 1.29 is 22.3 Å². The van der Waals surface area contributed by atoms with Gasteiger partial charge in [-0.2, -0.15) is 0 Å². The Kier molecular flexibility index (Phi) is 4.45. The number of anilines is 2. The summed E-state index contributed by atoms with van der Waals surface area (Å²) in [5.74, 6) is -1.57. The van der Waals surface area contributed by atoms with Crippen LogP contribution in [-0.2, 0) is 19.6 Å². The Morgan fingerprint density at radius 3 is 2.71 bits per heavy atom. The number of nitrogens with two attached hydrogens (primary N) is 1. The Morgan fingerprint density at radius 2 is 2.14 bits per heavy atom. The average Bonchev–Trinajstić information content (AvgIpc) is 2.78. The molecule has 1 aliphatic rings. The molecule has 0 aromatic heterocycles. The number of rotatable bonds is 4. The highest BCUT2D eigenvalue weighted by atomic mass is 32.2. The first-order valence-corrected chi connectivity index (χ1v) is 8.07. The molecule has 21 heavy (non-hydrogen) atoms. The zero-order chi connectivity index (χ0) is 15.6. The van der Waals surface area contributed by atoms with Crippen molar-refractivity contribution in [2.45, 2.75) is 6.04 Å². The zero-order valence-corrected chi connectivity index (χ0v) is 12.1. The summed E-state index contributed by atoms with van der Waals surface area (Å²) in [5.41, 5.74) is 5.77. The van der Waals surface area contributed by atoms with E-state index in [0.29, 0.717) is 6.61 Å². The van der Waals surface area contributed by atoms with E-state index in [2.05, 4.69) is 5.32 Å². The van der Waals surface area contributed by atoms with Gasteiger partial charge in [0, 0.05) is 11.7 Å². The number of hydrogen-bond acceptors (Lipinski definition) is 5. The Hall–Kier alpha value is -1.71. The second-order valence-corrected chi connectivity index (χ2v) is 6.61. The van der Waals surface area contributed by atoms with Crippen LogP contribution < -0.4 is 15.8 Å². The number of carbonyl (C=O) groups excluding carboxylic acids is 1. The average molecular weight is 317 g/mol. The summed E-state index contributed by atoms with van der Waals surface area (Å²) in [6.45, 7) is 0.533. The minimum Gasteiger partial charge on any atom is -0.379 e. The molecule has 2 atom stereocenters. The van der Waals surface area contributed by atoms with Crippen LogP contribution in [0, 0.1) is 11.7 Å². The maximum atomic E-state index is 13.5. The molecule has 0 aliphatic carbocycles. The minimum atomic E-state index is -3.61. The molecule has 1 aromatic rings. The Labute approximate surface area is 121 Å². The van der Waals surface area contributed by atoms with E-state index in [1.807, 2.05) is 4.72 Å². The van der Waals surface area contributed by atoms with Crippen molar-refractivity contribution in [2.24, 2.45) is 11.7 Å². The summed E-state index contributed by atoms with van der Waals surface area (Å²) < 4.78 is 42.9. The van der Waals surface area contributed by atoms with Gasteiger partial charge >= 0.3 is 0 Å². The van der Waals surface area contributed by atoms with Crippen LogP contribution in [-0.4, -0.2) is 39.8 Å². The van der Waals surface area contributed by atoms with Crippen LogP contribution in [0.1, 0.15) is 0 Å². The highest BCUT2D eigenvalue weighted by Gasteiger charge is 2.31. The number of amides is 1. The van der Waals surface area contributed by atoms with Gasteiger partial charge in [0.05, 0.1) is 31.1 Å². The van der Waals surface area contributed by atoms with E-state index in [-0.39, 0.29) is 29.9 Å². The number of halogens is 1. The highest BCUT2D eigenvalue weighted by molar-refractivity contribution is 7.92. The van der Waals surface area contributed by atoms with Gasteiger partial charge < -0.3 is 15.8 Å². The summed E-state index contributed by atoms with van der Waals surface area (Å²) >= 11 is 0. The van der Waals surface area contributed by atoms with Gasteiger partial charge in [-0.05, 0) is 18.2 Å². The van der Waals surface area contributed by atoms with Crippen LogP contribution in [0.25, 0.3) is 0 Å². The quantitative estimate of drug-likeness (QED) is 0.730. The van der Waals surface area contributed by atoms with Crippen LogP contribution in [0.2, 0.25) is 0 Å². The molecule has 116 valence electrons. The fourth-order valence-corrected chi connectivity index (χ4v) is 2.51. The van der Waals surface area contributed by atoms with Crippen molar-refractivity contribution in [1.29, 1.82) is 0 Å². The second-order valence-electron chi connectivity index (χ2n) is 4.87. The van der Waals surface area contributed by atoms with Crippen LogP contribution in [0.3, 0.4) is 0 Å². The lowest BCUT2D eigenvalue weighted by atomic mass is 10.0. The molecular weight excluding hydrogens is 301 g/mol. The highest BCUT2D eigenvalue weighted by Crippen LogP contribution is 2.22. The number of nitrogens with one attached hydrogen (secondary N) is 2. The molecule has 1 saturated heterocycles. The predicted molar refractivity (Wildman–Crippen MR) is 75.8 cm³/mol. The van der Waals surface area contributed by atoms with E-state index < -0.39 is 21.8 Å². The smallest absolute Gasteiger partial charge is 0.231 e. The number of ether oxygens (including phenoxy) is 1. The van der Waals surface area contributed by atoms with E-state index in [4.69, 9.17) is 10.5 Å². The van der Waals surface area contributed by atoms with Gasteiger partial charge in [-0.3, -0.25) is 9.52 Å². The molecule has 1 aliphatic heterocycles. The standard InChI is InChI=1S/C12H16FN3O4S/c1-21(18,19)16-11-4-7(2-3-9(11)13)15-12(17)8-5-20-6-10(8)14/h2-4,8,10,16H,5-6,14H2,1H3,(H,15,17). The van der Waals surface area contributed by atoms with E-state index in [1.54, 1.807) is 0 Å². The Morgan fingerprint density at radius 1 is 1.43 bits per heavy atom. The van der Waals surface area contributed by atoms with Crippen LogP contribution in [0.5, 0.6) is 0 Å². The minimum absolute atomic E-state index is 0.225. The lowest BCUT2D eigenvalue weighted by Gasteiger charge is -2.14. The fourth-order valence-electron chi connectivity index (χ4n) is 1.96. The number of carbonyl (C=O) groups is 1. The monoisotopic (exact) mass is 317 g/mol. The van der Waals surface area contributed by atoms with Crippen LogP contribution >= 0.6 is 0 Å². The summed E-state index contributed by atoms with van der Waals surface area (Å²) in [6.07, 6.45) is 0.909. The molecule has 1 fully saturated rings. The molecule has 1 aromatic carbocycles. The topological polar surface area (TPSA) is 111 Å². The summed E-state index contributed by atoms with van der Waals surface area (Å²) in [6, 6.07) is 3.21. The van der Waals surface area contributed by atoms with Gasteiger partial charge in [0.2, 0.25) is 15.9 Å². The first kappa shape index (κ1) is 15.7. The van der Waals surface area contributed by atoms with Crippen molar-refractivity contribution >= 4 is 27.3 Å². The molecular formula is C12H16FN3O4S. The molecule has 1 heterocycles. The Balaban J connectivity index is 2.14. The maximum absolute atomic E-state index is 13.5. The molecule has 1 amide bonds.